The average Bonchev–Trinajstić information content (AvgIpc) is 3.47. The molecule has 1 aromatic carbocycles. The second-order valence-corrected chi connectivity index (χ2v) is 7.88. The average molecular weight is 342 g/mol. The summed E-state index contributed by atoms with van der Waals surface area (Å²) < 4.78 is 0. The number of rotatable bonds is 3. The van der Waals surface area contributed by atoms with Crippen molar-refractivity contribution in [3.63, 3.8) is 0 Å². The fraction of sp³-hybridized carbons (Fsp3) is 0.650. The van der Waals surface area contributed by atoms with Crippen molar-refractivity contribution in [1.29, 1.82) is 0 Å². The zero-order chi connectivity index (χ0) is 17.2. The molecule has 5 nitrogen and oxygen atoms in total. The summed E-state index contributed by atoms with van der Waals surface area (Å²) in [4.78, 5) is 19.0. The number of anilines is 2. The quantitative estimate of drug-likeness (QED) is 0.918. The van der Waals surface area contributed by atoms with Gasteiger partial charge in [0.15, 0.2) is 0 Å². The van der Waals surface area contributed by atoms with Gasteiger partial charge in [0, 0.05) is 56.7 Å². The van der Waals surface area contributed by atoms with Crippen molar-refractivity contribution in [2.24, 2.45) is 5.92 Å². The molecular weight excluding hydrogens is 312 g/mol. The highest BCUT2D eigenvalue weighted by molar-refractivity contribution is 5.75. The molecule has 0 radical (unpaired) electrons. The highest BCUT2D eigenvalue weighted by atomic mass is 16.2. The maximum Gasteiger partial charge on any atom is 0.317 e. The number of amides is 2. The molecule has 4 rings (SSSR count). The summed E-state index contributed by atoms with van der Waals surface area (Å²) in [6.07, 6.45) is 4.89. The third kappa shape index (κ3) is 4.02. The number of hydrogen-bond donors (Lipinski definition) is 1. The number of carbonyl (C=O) groups excluding carboxylic acids is 1. The van der Waals surface area contributed by atoms with Gasteiger partial charge in [0.25, 0.3) is 0 Å². The minimum Gasteiger partial charge on any atom is -0.372 e. The van der Waals surface area contributed by atoms with E-state index in [2.05, 4.69) is 46.3 Å². The van der Waals surface area contributed by atoms with Gasteiger partial charge in [0.05, 0.1) is 0 Å². The van der Waals surface area contributed by atoms with Crippen LogP contribution in [0.25, 0.3) is 0 Å². The fourth-order valence-corrected chi connectivity index (χ4v) is 3.80. The molecule has 1 aromatic rings. The smallest absolute Gasteiger partial charge is 0.317 e. The molecule has 136 valence electrons. The van der Waals surface area contributed by atoms with Crippen LogP contribution in [-0.4, -0.2) is 56.2 Å². The Morgan fingerprint density at radius 1 is 0.840 bits per heavy atom. The van der Waals surface area contributed by atoms with E-state index >= 15 is 0 Å². The summed E-state index contributed by atoms with van der Waals surface area (Å²) in [5.41, 5.74) is 2.62. The number of benzene rings is 1. The first-order chi connectivity index (χ1) is 12.2. The SMILES string of the molecule is CC1CCN(c2ccc(N3CCN(C(=O)NC4CC4)CC3)cc2)CC1. The molecule has 1 saturated carbocycles. The maximum atomic E-state index is 12.1. The number of carbonyl (C=O) groups is 1. The van der Waals surface area contributed by atoms with Crippen LogP contribution in [0, 0.1) is 5.92 Å². The van der Waals surface area contributed by atoms with E-state index in [1.807, 2.05) is 4.90 Å². The summed E-state index contributed by atoms with van der Waals surface area (Å²) in [7, 11) is 0. The molecule has 2 heterocycles. The largest absolute Gasteiger partial charge is 0.372 e. The van der Waals surface area contributed by atoms with Crippen molar-refractivity contribution < 1.29 is 4.79 Å². The van der Waals surface area contributed by atoms with Crippen LogP contribution in [0.2, 0.25) is 0 Å². The van der Waals surface area contributed by atoms with Crippen LogP contribution in [-0.2, 0) is 0 Å². The van der Waals surface area contributed by atoms with Gasteiger partial charge >= 0.3 is 6.03 Å². The van der Waals surface area contributed by atoms with Crippen LogP contribution in [0.4, 0.5) is 16.2 Å². The number of piperazine rings is 1. The highest BCUT2D eigenvalue weighted by Crippen LogP contribution is 2.26. The normalized spacial score (nSPS) is 22.2. The van der Waals surface area contributed by atoms with Crippen molar-refractivity contribution in [3.05, 3.63) is 24.3 Å². The van der Waals surface area contributed by atoms with Crippen molar-refractivity contribution in [1.82, 2.24) is 10.2 Å². The van der Waals surface area contributed by atoms with Gasteiger partial charge in [-0.05, 0) is 55.9 Å². The van der Waals surface area contributed by atoms with Crippen molar-refractivity contribution in [2.75, 3.05) is 49.1 Å². The van der Waals surface area contributed by atoms with Gasteiger partial charge < -0.3 is 20.0 Å². The zero-order valence-corrected chi connectivity index (χ0v) is 15.3. The Kier molecular flexibility index (Phi) is 4.73. The topological polar surface area (TPSA) is 38.8 Å². The fourth-order valence-electron chi connectivity index (χ4n) is 3.80. The third-order valence-electron chi connectivity index (χ3n) is 5.84. The number of hydrogen-bond acceptors (Lipinski definition) is 3. The minimum atomic E-state index is 0.122. The maximum absolute atomic E-state index is 12.1. The molecule has 3 fully saturated rings. The molecule has 1 aliphatic carbocycles. The number of piperidine rings is 1. The van der Waals surface area contributed by atoms with Crippen LogP contribution in [0.1, 0.15) is 32.6 Å². The van der Waals surface area contributed by atoms with Crippen molar-refractivity contribution in [3.8, 4) is 0 Å². The Bertz CT molecular complexity index is 582. The molecule has 0 unspecified atom stereocenters. The molecule has 2 aliphatic heterocycles. The van der Waals surface area contributed by atoms with E-state index in [0.29, 0.717) is 6.04 Å². The van der Waals surface area contributed by atoms with Gasteiger partial charge in [-0.15, -0.1) is 0 Å². The first-order valence-electron chi connectivity index (χ1n) is 9.84. The van der Waals surface area contributed by atoms with Gasteiger partial charge in [-0.3, -0.25) is 0 Å². The molecule has 3 aliphatic rings. The van der Waals surface area contributed by atoms with E-state index in [4.69, 9.17) is 0 Å². The molecule has 1 N–H and O–H groups in total. The van der Waals surface area contributed by atoms with Crippen molar-refractivity contribution in [2.45, 2.75) is 38.6 Å². The standard InChI is InChI=1S/C20H30N4O/c1-16-8-10-22(11-9-16)18-4-6-19(7-5-18)23-12-14-24(15-13-23)20(25)21-17-2-3-17/h4-7,16-17H,2-3,8-15H2,1H3,(H,21,25). The molecule has 0 bridgehead atoms. The summed E-state index contributed by atoms with van der Waals surface area (Å²) in [5, 5.41) is 3.09. The summed E-state index contributed by atoms with van der Waals surface area (Å²) >= 11 is 0. The van der Waals surface area contributed by atoms with Crippen LogP contribution < -0.4 is 15.1 Å². The first-order valence-corrected chi connectivity index (χ1v) is 9.84. The van der Waals surface area contributed by atoms with Gasteiger partial charge in [0.1, 0.15) is 0 Å². The van der Waals surface area contributed by atoms with E-state index in [9.17, 15) is 4.79 Å². The monoisotopic (exact) mass is 342 g/mol. The summed E-state index contributed by atoms with van der Waals surface area (Å²) in [5.74, 6) is 0.865. The Labute approximate surface area is 151 Å². The Hall–Kier alpha value is -1.91. The lowest BCUT2D eigenvalue weighted by atomic mass is 9.99. The number of nitrogens with zero attached hydrogens (tertiary/aromatic N) is 3. The van der Waals surface area contributed by atoms with E-state index in [-0.39, 0.29) is 6.03 Å². The minimum absolute atomic E-state index is 0.122. The lowest BCUT2D eigenvalue weighted by Gasteiger charge is -2.36. The lowest BCUT2D eigenvalue weighted by molar-refractivity contribution is 0.194. The molecule has 2 saturated heterocycles. The molecular formula is C20H30N4O. The second-order valence-electron chi connectivity index (χ2n) is 7.88. The summed E-state index contributed by atoms with van der Waals surface area (Å²) in [6, 6.07) is 9.57. The molecule has 0 spiro atoms. The zero-order valence-electron chi connectivity index (χ0n) is 15.3. The predicted molar refractivity (Wildman–Crippen MR) is 102 cm³/mol. The van der Waals surface area contributed by atoms with Crippen LogP contribution >= 0.6 is 0 Å². The van der Waals surface area contributed by atoms with Crippen LogP contribution in [0.3, 0.4) is 0 Å². The summed E-state index contributed by atoms with van der Waals surface area (Å²) in [6.45, 7) is 8.15. The van der Waals surface area contributed by atoms with Crippen LogP contribution in [0.5, 0.6) is 0 Å². The first kappa shape index (κ1) is 16.6. The van der Waals surface area contributed by atoms with Gasteiger partial charge in [-0.1, -0.05) is 6.92 Å². The van der Waals surface area contributed by atoms with Crippen LogP contribution in [0.15, 0.2) is 24.3 Å². The van der Waals surface area contributed by atoms with E-state index in [0.717, 1.165) is 44.9 Å². The number of nitrogens with one attached hydrogen (secondary N) is 1. The van der Waals surface area contributed by atoms with Gasteiger partial charge in [-0.25, -0.2) is 4.79 Å². The number of urea groups is 1. The predicted octanol–water partition coefficient (Wildman–Crippen LogP) is 2.92. The molecule has 5 heteroatoms. The second kappa shape index (κ2) is 7.14. The van der Waals surface area contributed by atoms with E-state index in [1.54, 1.807) is 0 Å². The van der Waals surface area contributed by atoms with Gasteiger partial charge in [-0.2, -0.15) is 0 Å². The Morgan fingerprint density at radius 2 is 1.36 bits per heavy atom. The molecule has 0 atom stereocenters. The molecule has 0 aromatic heterocycles. The van der Waals surface area contributed by atoms with Gasteiger partial charge in [0.2, 0.25) is 0 Å². The van der Waals surface area contributed by atoms with E-state index < -0.39 is 0 Å². The Morgan fingerprint density at radius 3 is 1.88 bits per heavy atom. The lowest BCUT2D eigenvalue weighted by Crippen LogP contribution is -2.52. The highest BCUT2D eigenvalue weighted by Gasteiger charge is 2.27. The third-order valence-corrected chi connectivity index (χ3v) is 5.84. The Balaban J connectivity index is 1.30. The van der Waals surface area contributed by atoms with E-state index in [1.165, 1.54) is 37.3 Å². The molecule has 2 amide bonds. The molecule has 25 heavy (non-hydrogen) atoms. The van der Waals surface area contributed by atoms with Crippen molar-refractivity contribution >= 4 is 17.4 Å².